The molecule has 9 aromatic rings. The second-order valence-corrected chi connectivity index (χ2v) is 12.7. The number of hydrogen-bond donors (Lipinski definition) is 1. The molecule has 10 rings (SSSR count). The molecule has 1 aliphatic heterocycles. The molecule has 0 spiro atoms. The second-order valence-electron chi connectivity index (χ2n) is 11.6. The third-order valence-electron chi connectivity index (χ3n) is 9.23. The molecular weight excluding hydrogens is 569 g/mol. The van der Waals surface area contributed by atoms with Gasteiger partial charge in [-0.25, -0.2) is 4.99 Å². The number of rotatable bonds is 3. The first kappa shape index (κ1) is 24.8. The van der Waals surface area contributed by atoms with E-state index in [-0.39, 0.29) is 6.29 Å². The summed E-state index contributed by atoms with van der Waals surface area (Å²) in [6.07, 6.45) is 3.75. The SMILES string of the molecule is C1=NC(n2c3ccccc3c3c4sc5ccccc5c4ccc32)NC(c2ccc(-n3c4ccccc4c4ccccc43)cc2)=C1. The average Bonchev–Trinajstić information content (AvgIpc) is 3.76. The standard InChI is InChI=1S/C40H26N4S/c1-5-13-33-27(9-1)28-10-2-6-14-34(28)43(33)26-19-17-25(18-20-26)32-23-24-41-40(42-32)44-35-15-7-3-12-31(35)38-36(44)22-21-30-29-11-4-8-16-37(29)45-39(30)38/h1-24,40,42H. The van der Waals surface area contributed by atoms with E-state index in [2.05, 4.69) is 154 Å². The minimum atomic E-state index is -0.267. The Bertz CT molecular complexity index is 2630. The maximum absolute atomic E-state index is 4.95. The van der Waals surface area contributed by atoms with E-state index >= 15 is 0 Å². The van der Waals surface area contributed by atoms with Crippen LogP contribution in [-0.2, 0) is 0 Å². The maximum Gasteiger partial charge on any atom is 0.200 e. The summed E-state index contributed by atoms with van der Waals surface area (Å²) in [5.74, 6) is 0. The van der Waals surface area contributed by atoms with Crippen molar-refractivity contribution in [3.05, 3.63) is 145 Å². The zero-order valence-corrected chi connectivity index (χ0v) is 25.0. The minimum absolute atomic E-state index is 0.267. The summed E-state index contributed by atoms with van der Waals surface area (Å²) in [6, 6.07) is 48.1. The highest BCUT2D eigenvalue weighted by atomic mass is 32.1. The van der Waals surface area contributed by atoms with Gasteiger partial charge < -0.3 is 14.5 Å². The molecule has 3 aromatic heterocycles. The van der Waals surface area contributed by atoms with Gasteiger partial charge in [-0.2, -0.15) is 0 Å². The number of allylic oxidation sites excluding steroid dienone is 1. The van der Waals surface area contributed by atoms with E-state index in [9.17, 15) is 0 Å². The van der Waals surface area contributed by atoms with Gasteiger partial charge in [0.25, 0.3) is 0 Å². The first-order valence-corrected chi connectivity index (χ1v) is 16.1. The van der Waals surface area contributed by atoms with Crippen LogP contribution in [0.4, 0.5) is 0 Å². The van der Waals surface area contributed by atoms with Crippen molar-refractivity contribution in [1.29, 1.82) is 0 Å². The molecular formula is C40H26N4S. The van der Waals surface area contributed by atoms with Gasteiger partial charge in [-0.1, -0.05) is 91.0 Å². The molecule has 0 bridgehead atoms. The average molecular weight is 595 g/mol. The minimum Gasteiger partial charge on any atom is -0.346 e. The van der Waals surface area contributed by atoms with Crippen LogP contribution in [0.25, 0.3) is 75.2 Å². The normalized spacial score (nSPS) is 15.1. The molecule has 45 heavy (non-hydrogen) atoms. The lowest BCUT2D eigenvalue weighted by molar-refractivity contribution is 0.510. The highest BCUT2D eigenvalue weighted by Crippen LogP contribution is 2.43. The van der Waals surface area contributed by atoms with Gasteiger partial charge in [-0.05, 0) is 54.1 Å². The van der Waals surface area contributed by atoms with E-state index in [0.717, 1.165) is 16.9 Å². The number of nitrogens with one attached hydrogen (secondary N) is 1. The van der Waals surface area contributed by atoms with Crippen LogP contribution in [0.15, 0.2) is 145 Å². The molecule has 5 heteroatoms. The van der Waals surface area contributed by atoms with Gasteiger partial charge in [0.2, 0.25) is 6.29 Å². The lowest BCUT2D eigenvalue weighted by atomic mass is 10.1. The van der Waals surface area contributed by atoms with Crippen molar-refractivity contribution in [3.63, 3.8) is 0 Å². The maximum atomic E-state index is 4.95. The van der Waals surface area contributed by atoms with Crippen LogP contribution in [0, 0.1) is 0 Å². The topological polar surface area (TPSA) is 34.2 Å². The Labute approximate surface area is 262 Å². The number of fused-ring (bicyclic) bond motifs is 10. The molecule has 0 saturated carbocycles. The van der Waals surface area contributed by atoms with Gasteiger partial charge in [0.15, 0.2) is 0 Å². The summed E-state index contributed by atoms with van der Waals surface area (Å²) in [6.45, 7) is 0. The third-order valence-corrected chi connectivity index (χ3v) is 10.4. The van der Waals surface area contributed by atoms with Crippen molar-refractivity contribution < 1.29 is 0 Å². The summed E-state index contributed by atoms with van der Waals surface area (Å²) in [5.41, 5.74) is 8.12. The Hall–Kier alpha value is -5.65. The molecule has 4 nitrogen and oxygen atoms in total. The van der Waals surface area contributed by atoms with Crippen LogP contribution >= 0.6 is 11.3 Å². The zero-order chi connectivity index (χ0) is 29.5. The van der Waals surface area contributed by atoms with Gasteiger partial charge in [-0.3, -0.25) is 0 Å². The predicted octanol–water partition coefficient (Wildman–Crippen LogP) is 10.4. The van der Waals surface area contributed by atoms with Crippen LogP contribution in [-0.4, -0.2) is 15.3 Å². The Morgan fingerprint density at radius 1 is 0.556 bits per heavy atom. The third kappa shape index (κ3) is 3.56. The number of para-hydroxylation sites is 3. The van der Waals surface area contributed by atoms with Crippen LogP contribution < -0.4 is 5.32 Å². The summed E-state index contributed by atoms with van der Waals surface area (Å²) in [5, 5.41) is 11.5. The quantitative estimate of drug-likeness (QED) is 0.217. The van der Waals surface area contributed by atoms with Crippen molar-refractivity contribution in [1.82, 2.24) is 14.5 Å². The van der Waals surface area contributed by atoms with Gasteiger partial charge in [0, 0.05) is 59.3 Å². The smallest absolute Gasteiger partial charge is 0.200 e. The van der Waals surface area contributed by atoms with Crippen molar-refractivity contribution in [2.24, 2.45) is 4.99 Å². The van der Waals surface area contributed by atoms with E-state index < -0.39 is 0 Å². The molecule has 4 heterocycles. The molecule has 1 unspecified atom stereocenters. The van der Waals surface area contributed by atoms with E-state index in [4.69, 9.17) is 4.99 Å². The van der Waals surface area contributed by atoms with Crippen molar-refractivity contribution in [3.8, 4) is 5.69 Å². The monoisotopic (exact) mass is 594 g/mol. The first-order valence-electron chi connectivity index (χ1n) is 15.3. The van der Waals surface area contributed by atoms with Gasteiger partial charge >= 0.3 is 0 Å². The van der Waals surface area contributed by atoms with E-state index in [1.165, 1.54) is 63.8 Å². The highest BCUT2D eigenvalue weighted by molar-refractivity contribution is 7.26. The molecule has 0 fully saturated rings. The number of benzene rings is 6. The molecule has 0 amide bonds. The van der Waals surface area contributed by atoms with E-state index in [1.54, 1.807) is 0 Å². The fourth-order valence-electron chi connectivity index (χ4n) is 7.25. The molecule has 0 saturated heterocycles. The molecule has 0 radical (unpaired) electrons. The van der Waals surface area contributed by atoms with Crippen LogP contribution in [0.3, 0.4) is 0 Å². The van der Waals surface area contributed by atoms with Crippen LogP contribution in [0.2, 0.25) is 0 Å². The second kappa shape index (κ2) is 9.42. The van der Waals surface area contributed by atoms with Crippen LogP contribution in [0.1, 0.15) is 11.9 Å². The molecule has 212 valence electrons. The van der Waals surface area contributed by atoms with Crippen molar-refractivity contribution in [2.45, 2.75) is 6.29 Å². The van der Waals surface area contributed by atoms with Crippen LogP contribution in [0.5, 0.6) is 0 Å². The van der Waals surface area contributed by atoms with Gasteiger partial charge in [0.05, 0.1) is 22.1 Å². The zero-order valence-electron chi connectivity index (χ0n) is 24.2. The summed E-state index contributed by atoms with van der Waals surface area (Å²) < 4.78 is 7.36. The summed E-state index contributed by atoms with van der Waals surface area (Å²) in [4.78, 5) is 4.95. The highest BCUT2D eigenvalue weighted by Gasteiger charge is 2.22. The predicted molar refractivity (Wildman–Crippen MR) is 192 cm³/mol. The number of aliphatic imine (C=N–C) groups is 1. The molecule has 6 aromatic carbocycles. The Kier molecular flexibility index (Phi) is 5.18. The lowest BCUT2D eigenvalue weighted by Gasteiger charge is -2.24. The number of nitrogens with zero attached hydrogens (tertiary/aromatic N) is 3. The molecule has 0 aliphatic carbocycles. The van der Waals surface area contributed by atoms with Gasteiger partial charge in [0.1, 0.15) is 0 Å². The fourth-order valence-corrected chi connectivity index (χ4v) is 8.51. The number of thiophene rings is 1. The molecule has 1 N–H and O–H groups in total. The Balaban J connectivity index is 1.06. The fraction of sp³-hybridized carbons (Fsp3) is 0.0250. The number of aromatic nitrogens is 2. The Morgan fingerprint density at radius 3 is 1.96 bits per heavy atom. The largest absolute Gasteiger partial charge is 0.346 e. The van der Waals surface area contributed by atoms with Crippen molar-refractivity contribution in [2.75, 3.05) is 0 Å². The Morgan fingerprint density at radius 2 is 1.20 bits per heavy atom. The molecule has 1 atom stereocenters. The summed E-state index contributed by atoms with van der Waals surface area (Å²) >= 11 is 1.88. The van der Waals surface area contributed by atoms with E-state index in [1.807, 2.05) is 17.6 Å². The summed E-state index contributed by atoms with van der Waals surface area (Å²) in [7, 11) is 0. The van der Waals surface area contributed by atoms with Gasteiger partial charge in [-0.15, -0.1) is 11.3 Å². The molecule has 1 aliphatic rings. The van der Waals surface area contributed by atoms with Crippen molar-refractivity contribution >= 4 is 87.0 Å². The van der Waals surface area contributed by atoms with E-state index in [0.29, 0.717) is 0 Å². The number of hydrogen-bond acceptors (Lipinski definition) is 3. The first-order chi connectivity index (χ1) is 22.3. The lowest BCUT2D eigenvalue weighted by Crippen LogP contribution is -2.26.